The molecule has 0 saturated heterocycles. The number of methoxy groups -OCH3 is 1. The summed E-state index contributed by atoms with van der Waals surface area (Å²) in [7, 11) is 1.53. The number of carbonyl (C=O) groups excluding carboxylic acids is 1. The van der Waals surface area contributed by atoms with E-state index in [0.29, 0.717) is 33.5 Å². The lowest BCUT2D eigenvalue weighted by molar-refractivity contribution is -0.115. The minimum absolute atomic E-state index is 0.174. The van der Waals surface area contributed by atoms with E-state index >= 15 is 0 Å². The van der Waals surface area contributed by atoms with E-state index in [0.717, 1.165) is 16.8 Å². The molecule has 0 radical (unpaired) electrons. The molecule has 27 heavy (non-hydrogen) atoms. The van der Waals surface area contributed by atoms with Gasteiger partial charge in [0.05, 0.1) is 23.6 Å². The lowest BCUT2D eigenvalue weighted by Crippen LogP contribution is -2.25. The van der Waals surface area contributed by atoms with Crippen LogP contribution in [0.1, 0.15) is 35.7 Å². The van der Waals surface area contributed by atoms with Crippen LogP contribution in [0.5, 0.6) is 5.75 Å². The number of pyridine rings is 1. The number of nitriles is 1. The third-order valence-corrected chi connectivity index (χ3v) is 5.84. The van der Waals surface area contributed by atoms with Gasteiger partial charge in [0.1, 0.15) is 16.8 Å². The van der Waals surface area contributed by atoms with Crippen molar-refractivity contribution in [1.29, 1.82) is 5.26 Å². The molecule has 1 N–H and O–H groups in total. The molecule has 2 rings (SSSR count). The molecule has 2 aromatic rings. The van der Waals surface area contributed by atoms with Gasteiger partial charge in [-0.05, 0) is 50.5 Å². The number of aryl methyl sites for hydroxylation is 3. The molecule has 7 heteroatoms. The number of aromatic nitrogens is 1. The van der Waals surface area contributed by atoms with Crippen molar-refractivity contribution in [3.63, 3.8) is 0 Å². The summed E-state index contributed by atoms with van der Waals surface area (Å²) < 4.78 is 5.32. The molecule has 0 aliphatic carbocycles. The molecule has 1 amide bonds. The van der Waals surface area contributed by atoms with Gasteiger partial charge in [0.2, 0.25) is 5.91 Å². The first-order chi connectivity index (χ1) is 12.8. The smallest absolute Gasteiger partial charge is 0.238 e. The lowest BCUT2D eigenvalue weighted by Gasteiger charge is -2.18. The van der Waals surface area contributed by atoms with Crippen LogP contribution in [0, 0.1) is 32.1 Å². The Morgan fingerprint density at radius 2 is 2.04 bits per heavy atom. The highest BCUT2D eigenvalue weighted by molar-refractivity contribution is 8.00. The fourth-order valence-electron chi connectivity index (χ4n) is 2.62. The molecule has 0 saturated carbocycles. The van der Waals surface area contributed by atoms with Crippen LogP contribution in [0.15, 0.2) is 23.2 Å². The predicted octanol–water partition coefficient (Wildman–Crippen LogP) is 5.05. The van der Waals surface area contributed by atoms with Gasteiger partial charge in [-0.25, -0.2) is 4.98 Å². The van der Waals surface area contributed by atoms with E-state index in [9.17, 15) is 10.1 Å². The number of amides is 1. The Balaban J connectivity index is 2.28. The highest BCUT2D eigenvalue weighted by Crippen LogP contribution is 2.33. The Morgan fingerprint density at radius 3 is 2.63 bits per heavy atom. The number of rotatable bonds is 6. The van der Waals surface area contributed by atoms with Crippen LogP contribution in [-0.4, -0.2) is 23.3 Å². The number of nitrogens with zero attached hydrogens (tertiary/aromatic N) is 2. The molecule has 1 heterocycles. The summed E-state index contributed by atoms with van der Waals surface area (Å²) in [6, 6.07) is 7.52. The zero-order valence-electron chi connectivity index (χ0n) is 16.0. The molecule has 0 aliphatic heterocycles. The first-order valence-electron chi connectivity index (χ1n) is 8.50. The Morgan fingerprint density at radius 1 is 1.33 bits per heavy atom. The minimum Gasteiger partial charge on any atom is -0.495 e. The van der Waals surface area contributed by atoms with Crippen molar-refractivity contribution in [2.75, 3.05) is 12.4 Å². The van der Waals surface area contributed by atoms with Crippen molar-refractivity contribution in [3.8, 4) is 11.8 Å². The summed E-state index contributed by atoms with van der Waals surface area (Å²) in [5.74, 6) is 0.327. The van der Waals surface area contributed by atoms with Gasteiger partial charge in [-0.15, -0.1) is 0 Å². The third kappa shape index (κ3) is 4.94. The average Bonchev–Trinajstić information content (AvgIpc) is 2.62. The summed E-state index contributed by atoms with van der Waals surface area (Å²) in [6.07, 6.45) is 0.588. The van der Waals surface area contributed by atoms with Crippen LogP contribution in [0.3, 0.4) is 0 Å². The third-order valence-electron chi connectivity index (χ3n) is 4.08. The Hall–Kier alpha value is -2.23. The van der Waals surface area contributed by atoms with Gasteiger partial charge in [-0.3, -0.25) is 4.79 Å². The van der Waals surface area contributed by atoms with Crippen LogP contribution in [-0.2, 0) is 4.79 Å². The van der Waals surface area contributed by atoms with E-state index in [1.54, 1.807) is 12.1 Å². The molecule has 0 spiro atoms. The molecule has 1 unspecified atom stereocenters. The highest BCUT2D eigenvalue weighted by Gasteiger charge is 2.23. The normalized spacial score (nSPS) is 11.6. The number of carbonyl (C=O) groups is 1. The van der Waals surface area contributed by atoms with Gasteiger partial charge < -0.3 is 10.1 Å². The minimum atomic E-state index is -0.397. The number of anilines is 1. The van der Waals surface area contributed by atoms with Gasteiger partial charge in [0.25, 0.3) is 0 Å². The summed E-state index contributed by atoms with van der Waals surface area (Å²) >= 11 is 7.43. The van der Waals surface area contributed by atoms with Crippen molar-refractivity contribution in [2.24, 2.45) is 0 Å². The summed E-state index contributed by atoms with van der Waals surface area (Å²) in [6.45, 7) is 7.54. The van der Waals surface area contributed by atoms with Crippen LogP contribution in [0.25, 0.3) is 0 Å². The number of benzene rings is 1. The van der Waals surface area contributed by atoms with E-state index in [1.807, 2.05) is 33.8 Å². The SMILES string of the molecule is CCC(Sc1nc(C)cc(C)c1C#N)C(=O)Nc1cc(C)c(Cl)cc1OC. The van der Waals surface area contributed by atoms with Crippen LogP contribution >= 0.6 is 23.4 Å². The van der Waals surface area contributed by atoms with Crippen molar-refractivity contribution < 1.29 is 9.53 Å². The molecule has 1 atom stereocenters. The molecule has 0 bridgehead atoms. The van der Waals surface area contributed by atoms with Crippen molar-refractivity contribution in [1.82, 2.24) is 4.98 Å². The van der Waals surface area contributed by atoms with Crippen molar-refractivity contribution in [3.05, 3.63) is 45.6 Å². The zero-order valence-corrected chi connectivity index (χ0v) is 17.6. The monoisotopic (exact) mass is 403 g/mol. The molecular weight excluding hydrogens is 382 g/mol. The van der Waals surface area contributed by atoms with Crippen molar-refractivity contribution in [2.45, 2.75) is 44.4 Å². The topological polar surface area (TPSA) is 75.0 Å². The van der Waals surface area contributed by atoms with Crippen molar-refractivity contribution >= 4 is 35.0 Å². The van der Waals surface area contributed by atoms with Crippen LogP contribution in [0.4, 0.5) is 5.69 Å². The Labute approximate surface area is 169 Å². The second-order valence-electron chi connectivity index (χ2n) is 6.18. The number of hydrogen-bond donors (Lipinski definition) is 1. The molecule has 5 nitrogen and oxygen atoms in total. The van der Waals surface area contributed by atoms with E-state index in [2.05, 4.69) is 16.4 Å². The second-order valence-corrected chi connectivity index (χ2v) is 7.78. The molecule has 0 fully saturated rings. The highest BCUT2D eigenvalue weighted by atomic mass is 35.5. The van der Waals surface area contributed by atoms with Crippen LogP contribution in [0.2, 0.25) is 5.02 Å². The van der Waals surface area contributed by atoms with Crippen LogP contribution < -0.4 is 10.1 Å². The Kier molecular flexibility index (Phi) is 7.11. The Bertz CT molecular complexity index is 909. The average molecular weight is 404 g/mol. The number of ether oxygens (including phenoxy) is 1. The summed E-state index contributed by atoms with van der Waals surface area (Å²) in [4.78, 5) is 17.3. The maximum atomic E-state index is 12.9. The largest absolute Gasteiger partial charge is 0.495 e. The van der Waals surface area contributed by atoms with E-state index in [-0.39, 0.29) is 5.91 Å². The molecule has 142 valence electrons. The lowest BCUT2D eigenvalue weighted by atomic mass is 10.1. The first-order valence-corrected chi connectivity index (χ1v) is 9.76. The molecule has 1 aromatic carbocycles. The fraction of sp³-hybridized carbons (Fsp3) is 0.350. The number of thioether (sulfide) groups is 1. The van der Waals surface area contributed by atoms with Gasteiger partial charge >= 0.3 is 0 Å². The fourth-order valence-corrected chi connectivity index (χ4v) is 3.90. The van der Waals surface area contributed by atoms with Gasteiger partial charge in [0.15, 0.2) is 0 Å². The maximum absolute atomic E-state index is 12.9. The number of nitrogens with one attached hydrogen (secondary N) is 1. The zero-order chi connectivity index (χ0) is 20.1. The van der Waals surface area contributed by atoms with Gasteiger partial charge in [0, 0.05) is 16.8 Å². The standard InChI is InChI=1S/C20H22ClN3O2S/c1-6-18(27-20-14(10-22)11(2)7-13(4)23-20)19(25)24-16-8-12(3)15(21)9-17(16)26-5/h7-9,18H,6H2,1-5H3,(H,24,25). The maximum Gasteiger partial charge on any atom is 0.238 e. The quantitative estimate of drug-likeness (QED) is 0.683. The van der Waals surface area contributed by atoms with Gasteiger partial charge in [-0.2, -0.15) is 5.26 Å². The molecule has 0 aliphatic rings. The number of hydrogen-bond acceptors (Lipinski definition) is 5. The second kappa shape index (κ2) is 9.12. The first kappa shape index (κ1) is 21.1. The van der Waals surface area contributed by atoms with E-state index in [4.69, 9.17) is 16.3 Å². The molecule has 1 aromatic heterocycles. The number of halogens is 1. The predicted molar refractivity (Wildman–Crippen MR) is 110 cm³/mol. The van der Waals surface area contributed by atoms with E-state index < -0.39 is 5.25 Å². The summed E-state index contributed by atoms with van der Waals surface area (Å²) in [5, 5.41) is 13.1. The van der Waals surface area contributed by atoms with Gasteiger partial charge in [-0.1, -0.05) is 30.3 Å². The summed E-state index contributed by atoms with van der Waals surface area (Å²) in [5.41, 5.74) is 3.60. The molecular formula is C20H22ClN3O2S. The van der Waals surface area contributed by atoms with E-state index in [1.165, 1.54) is 18.9 Å².